The van der Waals surface area contributed by atoms with Crippen LogP contribution in [0.2, 0.25) is 0 Å². The van der Waals surface area contributed by atoms with Gasteiger partial charge in [-0.1, -0.05) is 12.1 Å². The normalized spacial score (nSPS) is 17.1. The number of aromatic nitrogens is 2. The number of hydrogen-bond donors (Lipinski definition) is 1. The second-order valence-electron chi connectivity index (χ2n) is 17.8. The molecular weight excluding hydrogens is 1010 g/mol. The number of imide groups is 2. The Balaban J connectivity index is 0.848. The minimum atomic E-state index is -3.67. The Labute approximate surface area is 406 Å². The number of likely N-dealkylation sites (tertiary alicyclic amines) is 1. The summed E-state index contributed by atoms with van der Waals surface area (Å²) in [6.45, 7) is 6.03. The number of halogens is 2. The molecular formula is C50H57FIN6O9S-. The molecule has 5 aromatic rings. The molecule has 4 amide bonds. The zero-order chi connectivity index (χ0) is 48.3. The van der Waals surface area contributed by atoms with Gasteiger partial charge in [0.05, 0.1) is 42.3 Å². The van der Waals surface area contributed by atoms with Crippen LogP contribution < -0.4 is 45.6 Å². The van der Waals surface area contributed by atoms with E-state index in [1.165, 1.54) is 19.6 Å². The molecule has 1 aromatic heterocycles. The van der Waals surface area contributed by atoms with E-state index in [0.29, 0.717) is 71.5 Å². The molecule has 2 saturated heterocycles. The van der Waals surface area contributed by atoms with Gasteiger partial charge in [-0.2, -0.15) is 0 Å². The molecule has 1 atom stereocenters. The number of methoxy groups -OCH3 is 1. The number of fused-ring (bicyclic) bond motifs is 2. The van der Waals surface area contributed by atoms with Gasteiger partial charge in [-0.15, -0.1) is 0 Å². The molecule has 18 heteroatoms. The number of alkyl halides is 2. The number of hydrogen-bond acceptors (Lipinski definition) is 12. The average molecular weight is 1060 g/mol. The number of anilines is 1. The van der Waals surface area contributed by atoms with Crippen molar-refractivity contribution in [3.05, 3.63) is 105 Å². The molecule has 3 aliphatic heterocycles. The van der Waals surface area contributed by atoms with E-state index in [1.54, 1.807) is 43.3 Å². The number of ether oxygens (including phenoxy) is 3. The van der Waals surface area contributed by atoms with Gasteiger partial charge in [0.2, 0.25) is 0 Å². The van der Waals surface area contributed by atoms with Crippen LogP contribution in [0, 0.1) is 3.70 Å². The summed E-state index contributed by atoms with van der Waals surface area (Å²) in [4.78, 5) is 56.7. The number of nitrogens with one attached hydrogen (secondary N) is 1. The Morgan fingerprint density at radius 3 is 2.34 bits per heavy atom. The topological polar surface area (TPSA) is 170 Å². The summed E-state index contributed by atoms with van der Waals surface area (Å²) in [6.07, 6.45) is 3.68. The Bertz CT molecular complexity index is 2820. The molecule has 0 radical (unpaired) electrons. The summed E-state index contributed by atoms with van der Waals surface area (Å²) in [6, 6.07) is 22.9. The van der Waals surface area contributed by atoms with E-state index >= 15 is 4.39 Å². The predicted molar refractivity (Wildman–Crippen MR) is 251 cm³/mol. The van der Waals surface area contributed by atoms with Crippen LogP contribution >= 0.6 is 0 Å². The van der Waals surface area contributed by atoms with Crippen LogP contribution in [0.1, 0.15) is 89.8 Å². The van der Waals surface area contributed by atoms with E-state index < -0.39 is 60.3 Å². The fraction of sp³-hybridized carbons (Fsp3) is 0.420. The number of sulfone groups is 1. The van der Waals surface area contributed by atoms with Crippen molar-refractivity contribution >= 4 is 50.1 Å². The number of amides is 4. The third kappa shape index (κ3) is 11.0. The number of carbonyl (C=O) groups excluding carboxylic acids is 4. The summed E-state index contributed by atoms with van der Waals surface area (Å²) in [7, 11) is -0.286. The van der Waals surface area contributed by atoms with Crippen LogP contribution in [0.3, 0.4) is 0 Å². The van der Waals surface area contributed by atoms with Crippen molar-refractivity contribution in [2.45, 2.75) is 63.6 Å². The van der Waals surface area contributed by atoms with Gasteiger partial charge in [-0.25, -0.2) is 12.8 Å². The van der Waals surface area contributed by atoms with Gasteiger partial charge in [0.1, 0.15) is 15.5 Å². The number of piperidine rings is 2. The van der Waals surface area contributed by atoms with E-state index in [4.69, 9.17) is 19.3 Å². The SMILES string of the molecule is CCOc1cc([C@@H](CS(C)(=O)=O)N2C(=O)c3cccc(N4CCC(F)(CN5CCC(c6ccc(Oc7ccc8c([I-]CCC(=O)NC(C)=O)nn(C)c8c7)cc6)CC5)CC4)c3C2=O)ccc1OC. The molecule has 2 fully saturated rings. The summed E-state index contributed by atoms with van der Waals surface area (Å²) in [5.74, 6) is 0.290. The first kappa shape index (κ1) is 48.8. The van der Waals surface area contributed by atoms with Crippen molar-refractivity contribution in [1.82, 2.24) is 24.9 Å². The first-order valence-corrected chi connectivity index (χ1v) is 27.5. The van der Waals surface area contributed by atoms with Crippen LogP contribution in [0.25, 0.3) is 10.9 Å². The van der Waals surface area contributed by atoms with Crippen molar-refractivity contribution in [3.63, 3.8) is 0 Å². The first-order chi connectivity index (χ1) is 32.5. The van der Waals surface area contributed by atoms with Crippen molar-refractivity contribution in [2.24, 2.45) is 7.05 Å². The van der Waals surface area contributed by atoms with E-state index in [1.807, 2.05) is 47.0 Å². The maximum absolute atomic E-state index is 16.7. The second-order valence-corrected chi connectivity index (χ2v) is 22.8. The number of carbonyl (C=O) groups is 4. The zero-order valence-corrected chi connectivity index (χ0v) is 41.9. The quantitative estimate of drug-likeness (QED) is 0.0817. The van der Waals surface area contributed by atoms with Gasteiger partial charge in [-0.3, -0.25) is 14.5 Å². The molecule has 8 rings (SSSR count). The van der Waals surface area contributed by atoms with Crippen LogP contribution in [-0.4, -0.2) is 120 Å². The second kappa shape index (κ2) is 20.6. The minimum Gasteiger partial charge on any atom is -0.493 e. The molecule has 0 spiro atoms. The van der Waals surface area contributed by atoms with Gasteiger partial charge in [0.25, 0.3) is 11.8 Å². The Kier molecular flexibility index (Phi) is 14.8. The molecule has 4 aromatic carbocycles. The standard InChI is InChI=1S/C50H57FIN6O9S/c1-6-66-44-28-35(12-17-43(44)65-4)42(30-68(5,63)64)58-48(61)39-8-7-9-40(46(39)49(58)62)57-26-21-50(51,22-27-57)31-56-24-19-34(20-25-56)33-10-13-36(14-11-33)67-37-15-16-38-41(29-37)55(3)54-47(38)52-23-18-45(60)53-32(2)59/h7-17,28-29,34,42H,6,18-27,30-31H2,1-5H3,(H,53,59,60)/q-1/t42-/m1/s1. The summed E-state index contributed by atoms with van der Waals surface area (Å²) < 4.78 is 63.1. The molecule has 1 N–H and O–H groups in total. The van der Waals surface area contributed by atoms with E-state index in [2.05, 4.69) is 22.3 Å². The zero-order valence-electron chi connectivity index (χ0n) is 38.9. The molecule has 0 unspecified atom stereocenters. The van der Waals surface area contributed by atoms with Crippen LogP contribution in [0.4, 0.5) is 10.1 Å². The third-order valence-corrected chi connectivity index (χ3v) is 16.4. The Morgan fingerprint density at radius 2 is 1.66 bits per heavy atom. The smallest absolute Gasteiger partial charge is 0.493 e. The van der Waals surface area contributed by atoms with Crippen molar-refractivity contribution in [1.29, 1.82) is 0 Å². The van der Waals surface area contributed by atoms with Crippen molar-refractivity contribution < 1.29 is 67.4 Å². The molecule has 4 heterocycles. The van der Waals surface area contributed by atoms with Gasteiger partial charge in [0.15, 0.2) is 11.5 Å². The maximum atomic E-state index is 16.7. The van der Waals surface area contributed by atoms with E-state index in [-0.39, 0.29) is 35.8 Å². The average Bonchev–Trinajstić information content (AvgIpc) is 3.75. The Morgan fingerprint density at radius 1 is 0.941 bits per heavy atom. The van der Waals surface area contributed by atoms with Crippen molar-refractivity contribution in [2.75, 3.05) is 67.8 Å². The first-order valence-electron chi connectivity index (χ1n) is 22.8. The number of nitrogens with zero attached hydrogens (tertiary/aromatic N) is 5. The molecule has 3 aliphatic rings. The monoisotopic (exact) mass is 1060 g/mol. The number of benzene rings is 4. The number of rotatable bonds is 17. The fourth-order valence-electron chi connectivity index (χ4n) is 9.52. The molecule has 15 nitrogen and oxygen atoms in total. The van der Waals surface area contributed by atoms with Gasteiger partial charge < -0.3 is 19.3 Å². The van der Waals surface area contributed by atoms with E-state index in [9.17, 15) is 27.6 Å². The van der Waals surface area contributed by atoms with E-state index in [0.717, 1.165) is 57.4 Å². The van der Waals surface area contributed by atoms with Crippen molar-refractivity contribution in [3.8, 4) is 23.0 Å². The summed E-state index contributed by atoms with van der Waals surface area (Å²) >= 11 is -0.527. The molecule has 362 valence electrons. The minimum absolute atomic E-state index is 0.190. The molecule has 0 bridgehead atoms. The fourth-order valence-corrected chi connectivity index (χ4v) is 13.0. The molecule has 0 saturated carbocycles. The van der Waals surface area contributed by atoms with Gasteiger partial charge in [0, 0.05) is 38.7 Å². The predicted octanol–water partition coefficient (Wildman–Crippen LogP) is 3.65. The van der Waals surface area contributed by atoms with Crippen LogP contribution in [0.5, 0.6) is 23.0 Å². The van der Waals surface area contributed by atoms with Crippen LogP contribution in [0.15, 0.2) is 78.9 Å². The molecule has 68 heavy (non-hydrogen) atoms. The summed E-state index contributed by atoms with van der Waals surface area (Å²) in [5.41, 5.74) is 2.09. The number of aryl methyl sites for hydroxylation is 1. The Hall–Kier alpha value is -5.60. The van der Waals surface area contributed by atoms with Crippen LogP contribution in [-0.2, 0) is 26.5 Å². The van der Waals surface area contributed by atoms with Gasteiger partial charge in [-0.05, 0) is 49.8 Å². The van der Waals surface area contributed by atoms with Gasteiger partial charge >= 0.3 is 180 Å². The summed E-state index contributed by atoms with van der Waals surface area (Å²) in [5, 5.41) is 8.06. The third-order valence-electron chi connectivity index (χ3n) is 12.9. The molecule has 0 aliphatic carbocycles.